The van der Waals surface area contributed by atoms with Crippen LogP contribution in [0.5, 0.6) is 0 Å². The second-order valence-electron chi connectivity index (χ2n) is 7.73. The van der Waals surface area contributed by atoms with Gasteiger partial charge >= 0.3 is 0 Å². The molecular formula is C18H38IN3O2S. The normalized spacial score (nSPS) is 18.5. The summed E-state index contributed by atoms with van der Waals surface area (Å²) in [7, 11) is 0.933. The van der Waals surface area contributed by atoms with E-state index in [4.69, 9.17) is 9.73 Å². The molecule has 2 N–H and O–H groups in total. The fraction of sp³-hybridized carbons (Fsp3) is 0.944. The molecule has 0 aromatic carbocycles. The van der Waals surface area contributed by atoms with Crippen molar-refractivity contribution in [3.8, 4) is 0 Å². The molecule has 0 radical (unpaired) electrons. The molecule has 150 valence electrons. The Labute approximate surface area is 174 Å². The molecular weight excluding hydrogens is 449 g/mol. The third-order valence-electron chi connectivity index (χ3n) is 4.68. The Bertz CT molecular complexity index is 419. The van der Waals surface area contributed by atoms with Gasteiger partial charge in [-0.15, -0.1) is 24.0 Å². The van der Waals surface area contributed by atoms with Crippen LogP contribution >= 0.6 is 24.0 Å². The predicted molar refractivity (Wildman–Crippen MR) is 120 cm³/mol. The van der Waals surface area contributed by atoms with Crippen LogP contribution in [0.15, 0.2) is 4.99 Å². The number of nitrogens with one attached hydrogen (secondary N) is 2. The van der Waals surface area contributed by atoms with Crippen LogP contribution in [-0.2, 0) is 15.5 Å². The van der Waals surface area contributed by atoms with Gasteiger partial charge in [-0.1, -0.05) is 12.8 Å². The first-order valence-corrected chi connectivity index (χ1v) is 10.5. The Kier molecular flexibility index (Phi) is 12.5. The highest BCUT2D eigenvalue weighted by Crippen LogP contribution is 2.41. The minimum absolute atomic E-state index is 0. The van der Waals surface area contributed by atoms with Crippen molar-refractivity contribution >= 4 is 40.7 Å². The van der Waals surface area contributed by atoms with Crippen molar-refractivity contribution in [2.24, 2.45) is 10.4 Å². The van der Waals surface area contributed by atoms with E-state index in [1.807, 2.05) is 20.8 Å². The van der Waals surface area contributed by atoms with Gasteiger partial charge in [-0.2, -0.15) is 0 Å². The van der Waals surface area contributed by atoms with Crippen molar-refractivity contribution < 1.29 is 8.95 Å². The van der Waals surface area contributed by atoms with Crippen molar-refractivity contribution in [1.29, 1.82) is 0 Å². The molecule has 1 rings (SSSR count). The van der Waals surface area contributed by atoms with Crippen molar-refractivity contribution in [2.45, 2.75) is 64.5 Å². The third-order valence-corrected chi connectivity index (χ3v) is 6.62. The van der Waals surface area contributed by atoms with E-state index >= 15 is 0 Å². The number of hydrogen-bond acceptors (Lipinski definition) is 3. The van der Waals surface area contributed by atoms with Gasteiger partial charge in [-0.05, 0) is 52.4 Å². The summed E-state index contributed by atoms with van der Waals surface area (Å²) < 4.78 is 17.3. The zero-order chi connectivity index (χ0) is 18.1. The Morgan fingerprint density at radius 3 is 2.40 bits per heavy atom. The molecule has 0 aromatic rings. The van der Waals surface area contributed by atoms with Gasteiger partial charge in [0.05, 0.1) is 0 Å². The average molecular weight is 487 g/mol. The summed E-state index contributed by atoms with van der Waals surface area (Å²) in [4.78, 5) is 4.82. The van der Waals surface area contributed by atoms with E-state index in [1.165, 1.54) is 25.7 Å². The molecule has 1 aliphatic rings. The molecule has 0 spiro atoms. The van der Waals surface area contributed by atoms with E-state index in [0.717, 1.165) is 32.1 Å². The van der Waals surface area contributed by atoms with Gasteiger partial charge in [-0.25, -0.2) is 0 Å². The van der Waals surface area contributed by atoms with Crippen molar-refractivity contribution in [3.63, 3.8) is 0 Å². The minimum atomic E-state index is -0.838. The van der Waals surface area contributed by atoms with Gasteiger partial charge in [-0.3, -0.25) is 9.20 Å². The van der Waals surface area contributed by atoms with Crippen molar-refractivity contribution in [2.75, 3.05) is 39.1 Å². The molecule has 1 saturated carbocycles. The van der Waals surface area contributed by atoms with E-state index in [0.29, 0.717) is 17.7 Å². The zero-order valence-corrected chi connectivity index (χ0v) is 19.8. The van der Waals surface area contributed by atoms with Gasteiger partial charge in [0.2, 0.25) is 0 Å². The Hall–Kier alpha value is 0.110. The zero-order valence-electron chi connectivity index (χ0n) is 16.7. The molecule has 5 nitrogen and oxygen atoms in total. The Morgan fingerprint density at radius 1 is 1.24 bits per heavy atom. The first-order chi connectivity index (χ1) is 11.3. The minimum Gasteiger partial charge on any atom is -0.385 e. The number of halogens is 1. The summed E-state index contributed by atoms with van der Waals surface area (Å²) in [6, 6.07) is 0. The molecule has 0 aliphatic heterocycles. The van der Waals surface area contributed by atoms with Gasteiger partial charge in [0.1, 0.15) is 0 Å². The number of guanidine groups is 1. The number of aliphatic imine (C=N–C) groups is 1. The highest BCUT2D eigenvalue weighted by molar-refractivity contribution is 14.0. The maximum absolute atomic E-state index is 12.1. The molecule has 7 heteroatoms. The summed E-state index contributed by atoms with van der Waals surface area (Å²) in [5.41, 5.74) is 0.298. The second kappa shape index (κ2) is 12.5. The quantitative estimate of drug-likeness (QED) is 0.298. The van der Waals surface area contributed by atoms with E-state index in [2.05, 4.69) is 17.6 Å². The van der Waals surface area contributed by atoms with E-state index < -0.39 is 10.8 Å². The molecule has 1 unspecified atom stereocenters. The van der Waals surface area contributed by atoms with Crippen LogP contribution in [0.4, 0.5) is 0 Å². The molecule has 1 atom stereocenters. The van der Waals surface area contributed by atoms with Gasteiger partial charge in [0, 0.05) is 54.7 Å². The summed E-state index contributed by atoms with van der Waals surface area (Å²) in [6.07, 6.45) is 6.17. The fourth-order valence-electron chi connectivity index (χ4n) is 3.09. The van der Waals surface area contributed by atoms with E-state index in [9.17, 15) is 4.21 Å². The highest BCUT2D eigenvalue weighted by atomic mass is 127. The van der Waals surface area contributed by atoms with Crippen LogP contribution in [0.25, 0.3) is 0 Å². The summed E-state index contributed by atoms with van der Waals surface area (Å²) in [6.45, 7) is 11.3. The van der Waals surface area contributed by atoms with Crippen LogP contribution in [0.3, 0.4) is 0 Å². The maximum Gasteiger partial charge on any atom is 0.191 e. The number of methoxy groups -OCH3 is 1. The van der Waals surface area contributed by atoms with Crippen LogP contribution in [0.1, 0.15) is 59.8 Å². The van der Waals surface area contributed by atoms with Crippen LogP contribution in [0.2, 0.25) is 0 Å². The van der Waals surface area contributed by atoms with Gasteiger partial charge < -0.3 is 15.4 Å². The number of hydrogen-bond donors (Lipinski definition) is 2. The first kappa shape index (κ1) is 25.1. The Morgan fingerprint density at radius 2 is 1.88 bits per heavy atom. The smallest absolute Gasteiger partial charge is 0.191 e. The van der Waals surface area contributed by atoms with Crippen molar-refractivity contribution in [3.05, 3.63) is 0 Å². The topological polar surface area (TPSA) is 62.7 Å². The third kappa shape index (κ3) is 9.56. The molecule has 25 heavy (non-hydrogen) atoms. The lowest BCUT2D eigenvalue weighted by molar-refractivity contribution is 0.141. The monoisotopic (exact) mass is 487 g/mol. The molecule has 0 aromatic heterocycles. The van der Waals surface area contributed by atoms with Crippen LogP contribution < -0.4 is 10.6 Å². The maximum atomic E-state index is 12.1. The second-order valence-corrected chi connectivity index (χ2v) is 10.1. The van der Waals surface area contributed by atoms with E-state index in [1.54, 1.807) is 7.11 Å². The molecule has 1 fully saturated rings. The number of ether oxygens (including phenoxy) is 1. The first-order valence-electron chi connectivity index (χ1n) is 9.22. The molecule has 0 amide bonds. The van der Waals surface area contributed by atoms with Gasteiger partial charge in [0.15, 0.2) is 5.96 Å². The lowest BCUT2D eigenvalue weighted by Crippen LogP contribution is -2.41. The highest BCUT2D eigenvalue weighted by Gasteiger charge is 2.33. The molecule has 0 saturated heterocycles. The SMILES string of the molecule is CCNC(=NCC1(CCOC)CCCC1)NCCS(=O)C(C)(C)C.I. The molecule has 1 aliphatic carbocycles. The molecule has 0 bridgehead atoms. The molecule has 0 heterocycles. The summed E-state index contributed by atoms with van der Waals surface area (Å²) in [5.74, 6) is 1.48. The predicted octanol–water partition coefficient (Wildman–Crippen LogP) is 3.30. The van der Waals surface area contributed by atoms with Crippen LogP contribution in [-0.4, -0.2) is 54.0 Å². The van der Waals surface area contributed by atoms with Crippen molar-refractivity contribution in [1.82, 2.24) is 10.6 Å². The lowest BCUT2D eigenvalue weighted by atomic mass is 9.83. The average Bonchev–Trinajstić information content (AvgIpc) is 2.99. The van der Waals surface area contributed by atoms with Gasteiger partial charge in [0.25, 0.3) is 0 Å². The lowest BCUT2D eigenvalue weighted by Gasteiger charge is -2.27. The van der Waals surface area contributed by atoms with Crippen LogP contribution in [0, 0.1) is 5.41 Å². The Balaban J connectivity index is 0.00000576. The summed E-state index contributed by atoms with van der Waals surface area (Å²) >= 11 is 0. The fourth-order valence-corrected chi connectivity index (χ4v) is 3.99. The largest absolute Gasteiger partial charge is 0.385 e. The van der Waals surface area contributed by atoms with E-state index in [-0.39, 0.29) is 28.7 Å². The number of nitrogens with zero attached hydrogens (tertiary/aromatic N) is 1. The standard InChI is InChI=1S/C18H37N3O2S.HI/c1-6-19-16(20-12-14-24(22)17(2,3)4)21-15-18(11-13-23-5)9-7-8-10-18;/h6-15H2,1-5H3,(H2,19,20,21);1H. The summed E-state index contributed by atoms with van der Waals surface area (Å²) in [5, 5.41) is 6.64. The number of rotatable bonds is 9.